The van der Waals surface area contributed by atoms with Crippen molar-refractivity contribution in [1.82, 2.24) is 0 Å². The molecule has 0 amide bonds. The second kappa shape index (κ2) is 20.4. The zero-order valence-corrected chi connectivity index (χ0v) is 27.9. The van der Waals surface area contributed by atoms with Gasteiger partial charge in [0.15, 0.2) is 0 Å². The summed E-state index contributed by atoms with van der Waals surface area (Å²) in [5.74, 6) is -0.201. The Bertz CT molecular complexity index is 453. The van der Waals surface area contributed by atoms with Gasteiger partial charge in [-0.05, 0) is 20.8 Å². The fourth-order valence-corrected chi connectivity index (χ4v) is 3.60. The van der Waals surface area contributed by atoms with Crippen LogP contribution in [0.2, 0.25) is 0 Å². The van der Waals surface area contributed by atoms with E-state index in [0.29, 0.717) is 0 Å². The first kappa shape index (κ1) is 47.5. The smallest absolute Gasteiger partial charge is 0.302 e. The summed E-state index contributed by atoms with van der Waals surface area (Å²) in [6.45, 7) is 7.48. The second-order valence-electron chi connectivity index (χ2n) is 8.73. The maximum Gasteiger partial charge on any atom is 0.302 e. The molecule has 3 aliphatic rings. The Labute approximate surface area is 246 Å². The second-order valence-corrected chi connectivity index (χ2v) is 8.73. The number of hydrogen-bond acceptors (Lipinski definition) is 7. The molecule has 3 fully saturated rings. The van der Waals surface area contributed by atoms with Crippen molar-refractivity contribution in [2.45, 2.75) is 124 Å². The molecule has 0 heterocycles. The molecule has 0 aromatic rings. The van der Waals surface area contributed by atoms with Crippen LogP contribution in [-0.4, -0.2) is 72.6 Å². The van der Waals surface area contributed by atoms with E-state index in [9.17, 15) is 4.79 Å². The molecule has 33 heavy (non-hydrogen) atoms. The van der Waals surface area contributed by atoms with Crippen LogP contribution in [0.25, 0.3) is 0 Å². The summed E-state index contributed by atoms with van der Waals surface area (Å²) in [4.78, 5) is 10.5. The SMILES string of the molecule is C.C.C.COC1(C)CC(O)C1.COC1(C)CC(O)C1.COC1(C)CC(OC(C)=O)C1.[W].[W].[W]. The Balaban J connectivity index is -0.0000000769. The largest absolute Gasteiger partial charge is 0.462 e. The number of carbonyl (C=O) groups is 1. The van der Waals surface area contributed by atoms with Crippen LogP contribution in [0.3, 0.4) is 0 Å². The summed E-state index contributed by atoms with van der Waals surface area (Å²) in [5.41, 5.74) is -0.0844. The van der Waals surface area contributed by atoms with Crippen molar-refractivity contribution in [1.29, 1.82) is 0 Å². The predicted octanol–water partition coefficient (Wildman–Crippen LogP) is 4.11. The van der Waals surface area contributed by atoms with Gasteiger partial charge in [-0.15, -0.1) is 0 Å². The van der Waals surface area contributed by atoms with E-state index >= 15 is 0 Å². The molecule has 0 bridgehead atoms. The van der Waals surface area contributed by atoms with E-state index in [1.807, 2.05) is 20.8 Å². The van der Waals surface area contributed by atoms with E-state index in [-0.39, 0.29) is 127 Å². The van der Waals surface area contributed by atoms with Crippen molar-refractivity contribution in [3.05, 3.63) is 0 Å². The summed E-state index contributed by atoms with van der Waals surface area (Å²) in [6.07, 6.45) is 4.68. The number of esters is 1. The number of hydrogen-bond donors (Lipinski definition) is 2. The van der Waals surface area contributed by atoms with Crippen molar-refractivity contribution in [3.8, 4) is 0 Å². The van der Waals surface area contributed by atoms with Gasteiger partial charge >= 0.3 is 5.97 Å². The van der Waals surface area contributed by atoms with Crippen LogP contribution in [0.4, 0.5) is 0 Å². The standard InChI is InChI=1S/C8H14O3.2C6H12O2.3CH4.3W/c1-6(9)11-7-4-8(2,5-7)10-3;2*1-6(8-2)3-5(7)4-6;;;;;;/h7H,4-5H2,1-3H3;2*5,7H,3-4H2,1-2H3;3*1H4;;;. The first-order chi connectivity index (χ1) is 12.4. The third kappa shape index (κ3) is 16.7. The Kier molecular flexibility index (Phi) is 29.4. The van der Waals surface area contributed by atoms with Crippen LogP contribution in [0.5, 0.6) is 0 Å². The first-order valence-corrected chi connectivity index (χ1v) is 9.57. The Hall–Kier alpha value is 1.33. The molecule has 0 spiro atoms. The monoisotopic (exact) mass is 990 g/mol. The summed E-state index contributed by atoms with van der Waals surface area (Å²) in [5, 5.41) is 17.7. The summed E-state index contributed by atoms with van der Waals surface area (Å²) >= 11 is 0. The topological polar surface area (TPSA) is 94.5 Å². The van der Waals surface area contributed by atoms with E-state index in [2.05, 4.69) is 0 Å². The average Bonchev–Trinajstić information content (AvgIpc) is 2.51. The van der Waals surface area contributed by atoms with Gasteiger partial charge in [-0.2, -0.15) is 0 Å². The van der Waals surface area contributed by atoms with Crippen molar-refractivity contribution < 1.29 is 97.2 Å². The normalized spacial score (nSPS) is 34.4. The maximum absolute atomic E-state index is 10.5. The van der Waals surface area contributed by atoms with Crippen molar-refractivity contribution in [2.75, 3.05) is 21.3 Å². The fourth-order valence-electron chi connectivity index (χ4n) is 3.60. The molecule has 10 heteroatoms. The summed E-state index contributed by atoms with van der Waals surface area (Å²) < 4.78 is 20.3. The van der Waals surface area contributed by atoms with Crippen molar-refractivity contribution in [3.63, 3.8) is 0 Å². The number of aliphatic hydroxyl groups is 2. The van der Waals surface area contributed by atoms with Gasteiger partial charge in [-0.3, -0.25) is 4.79 Å². The average molecular weight is 990 g/mol. The van der Waals surface area contributed by atoms with E-state index in [1.165, 1.54) is 6.92 Å². The number of ether oxygens (including phenoxy) is 4. The molecule has 3 saturated carbocycles. The Morgan fingerprint density at radius 2 is 0.909 bits per heavy atom. The van der Waals surface area contributed by atoms with E-state index in [4.69, 9.17) is 29.2 Å². The van der Waals surface area contributed by atoms with Crippen LogP contribution in [0.15, 0.2) is 0 Å². The Morgan fingerprint density at radius 1 is 0.667 bits per heavy atom. The van der Waals surface area contributed by atoms with Crippen LogP contribution >= 0.6 is 0 Å². The quantitative estimate of drug-likeness (QED) is 0.411. The van der Waals surface area contributed by atoms with Gasteiger partial charge in [-0.25, -0.2) is 0 Å². The van der Waals surface area contributed by atoms with Crippen LogP contribution in [0, 0.1) is 0 Å². The molecule has 0 radical (unpaired) electrons. The van der Waals surface area contributed by atoms with E-state index < -0.39 is 0 Å². The zero-order valence-electron chi connectivity index (χ0n) is 19.1. The predicted molar refractivity (Wildman–Crippen MR) is 122 cm³/mol. The zero-order chi connectivity index (χ0) is 20.9. The fraction of sp³-hybridized carbons (Fsp3) is 0.957. The van der Waals surface area contributed by atoms with E-state index in [1.54, 1.807) is 21.3 Å². The van der Waals surface area contributed by atoms with Gasteiger partial charge in [0.05, 0.1) is 29.0 Å². The third-order valence-corrected chi connectivity index (χ3v) is 5.80. The van der Waals surface area contributed by atoms with Gasteiger partial charge in [-0.1, -0.05) is 22.3 Å². The van der Waals surface area contributed by atoms with Gasteiger partial charge in [0.2, 0.25) is 0 Å². The van der Waals surface area contributed by atoms with Crippen LogP contribution < -0.4 is 0 Å². The number of carbonyl (C=O) groups excluding carboxylic acids is 1. The van der Waals surface area contributed by atoms with Gasteiger partial charge in [0, 0.05) is 130 Å². The molecule has 0 saturated heterocycles. The van der Waals surface area contributed by atoms with E-state index in [0.717, 1.165) is 38.5 Å². The Morgan fingerprint density at radius 3 is 1.06 bits per heavy atom. The van der Waals surface area contributed by atoms with Crippen molar-refractivity contribution >= 4 is 5.97 Å². The molecular weight excluding hydrogens is 940 g/mol. The number of aliphatic hydroxyl groups excluding tert-OH is 2. The molecule has 0 aliphatic heterocycles. The first-order valence-electron chi connectivity index (χ1n) is 9.57. The van der Waals surface area contributed by atoms with Crippen molar-refractivity contribution in [2.24, 2.45) is 0 Å². The molecule has 3 rings (SSSR count). The van der Waals surface area contributed by atoms with Gasteiger partial charge in [0.25, 0.3) is 0 Å². The summed E-state index contributed by atoms with van der Waals surface area (Å²) in [7, 11) is 5.06. The minimum Gasteiger partial charge on any atom is -0.462 e. The van der Waals surface area contributed by atoms with Gasteiger partial charge < -0.3 is 29.2 Å². The molecular formula is C23H50O7W3. The summed E-state index contributed by atoms with van der Waals surface area (Å²) in [6, 6.07) is 0. The minimum atomic E-state index is -0.201. The molecule has 0 aromatic carbocycles. The number of methoxy groups -OCH3 is 3. The van der Waals surface area contributed by atoms with Gasteiger partial charge in [0.1, 0.15) is 6.10 Å². The molecule has 0 unspecified atom stereocenters. The molecule has 7 nitrogen and oxygen atoms in total. The molecule has 202 valence electrons. The maximum atomic E-state index is 10.5. The third-order valence-electron chi connectivity index (χ3n) is 5.80. The molecule has 2 N–H and O–H groups in total. The molecule has 3 aliphatic carbocycles. The molecule has 0 aromatic heterocycles. The van der Waals surface area contributed by atoms with Crippen LogP contribution in [-0.2, 0) is 86.9 Å². The van der Waals surface area contributed by atoms with Crippen LogP contribution in [0.1, 0.15) is 88.5 Å². The minimum absolute atomic E-state index is 0. The number of rotatable bonds is 4. The molecule has 0 atom stereocenters.